The van der Waals surface area contributed by atoms with E-state index in [-0.39, 0.29) is 0 Å². The summed E-state index contributed by atoms with van der Waals surface area (Å²) < 4.78 is 5.70. The van der Waals surface area contributed by atoms with E-state index >= 15 is 0 Å². The van der Waals surface area contributed by atoms with Crippen LogP contribution in [0.25, 0.3) is 0 Å². The van der Waals surface area contributed by atoms with Crippen LogP contribution in [0.15, 0.2) is 29.3 Å². The lowest BCUT2D eigenvalue weighted by Gasteiger charge is -2.06. The normalized spacial score (nSPS) is 18.5. The van der Waals surface area contributed by atoms with Crippen LogP contribution in [0, 0.1) is 5.92 Å². The molecule has 0 N–H and O–H groups in total. The van der Waals surface area contributed by atoms with Crippen molar-refractivity contribution in [1.82, 2.24) is 0 Å². The third kappa shape index (κ3) is 3.82. The van der Waals surface area contributed by atoms with Gasteiger partial charge in [-0.2, -0.15) is 0 Å². The average Bonchev–Trinajstić information content (AvgIpc) is 2.90. The van der Waals surface area contributed by atoms with Gasteiger partial charge in [0.15, 0.2) is 0 Å². The van der Waals surface area contributed by atoms with Gasteiger partial charge >= 0.3 is 0 Å². The first kappa shape index (κ1) is 14.1. The maximum atomic E-state index is 5.70. The quantitative estimate of drug-likeness (QED) is 0.701. The van der Waals surface area contributed by atoms with Crippen LogP contribution in [-0.2, 0) is 11.2 Å². The van der Waals surface area contributed by atoms with Gasteiger partial charge in [-0.15, -0.1) is 0 Å². The third-order valence-electron chi connectivity index (χ3n) is 3.71. The highest BCUT2D eigenvalue weighted by molar-refractivity contribution is 5.95. The highest BCUT2D eigenvalue weighted by Crippen LogP contribution is 2.18. The van der Waals surface area contributed by atoms with Crippen LogP contribution in [0.2, 0.25) is 0 Å². The number of ether oxygens (including phenoxy) is 1. The van der Waals surface area contributed by atoms with Crippen molar-refractivity contribution < 1.29 is 4.74 Å². The second kappa shape index (κ2) is 6.74. The molecule has 1 aromatic rings. The zero-order chi connectivity index (χ0) is 13.7. The number of benzene rings is 1. The van der Waals surface area contributed by atoms with Gasteiger partial charge in [0.2, 0.25) is 5.90 Å². The fourth-order valence-electron chi connectivity index (χ4n) is 2.28. The summed E-state index contributed by atoms with van der Waals surface area (Å²) in [5.74, 6) is 1.37. The average molecular weight is 259 g/mol. The van der Waals surface area contributed by atoms with Crippen LogP contribution in [-0.4, -0.2) is 18.5 Å². The van der Waals surface area contributed by atoms with Gasteiger partial charge in [-0.3, -0.25) is 0 Å². The fraction of sp³-hybridized carbons (Fsp3) is 0.588. The summed E-state index contributed by atoms with van der Waals surface area (Å²) in [6.07, 6.45) is 5.05. The minimum absolute atomic E-state index is 0.319. The second-order valence-electron chi connectivity index (χ2n) is 5.71. The Labute approximate surface area is 116 Å². The molecule has 0 aromatic heterocycles. The van der Waals surface area contributed by atoms with Crippen molar-refractivity contribution in [3.63, 3.8) is 0 Å². The fourth-order valence-corrected chi connectivity index (χ4v) is 2.28. The van der Waals surface area contributed by atoms with Crippen LogP contribution in [0.3, 0.4) is 0 Å². The van der Waals surface area contributed by atoms with Crippen molar-refractivity contribution in [2.45, 2.75) is 52.5 Å². The van der Waals surface area contributed by atoms with Crippen LogP contribution < -0.4 is 0 Å². The summed E-state index contributed by atoms with van der Waals surface area (Å²) in [4.78, 5) is 4.66. The van der Waals surface area contributed by atoms with Crippen molar-refractivity contribution in [2.75, 3.05) is 6.61 Å². The Hall–Kier alpha value is -1.31. The predicted octanol–water partition coefficient (Wildman–Crippen LogP) is 4.22. The Morgan fingerprint density at radius 3 is 2.53 bits per heavy atom. The molecule has 0 amide bonds. The Morgan fingerprint density at radius 2 is 1.95 bits per heavy atom. The first-order valence-corrected chi connectivity index (χ1v) is 7.50. The van der Waals surface area contributed by atoms with Gasteiger partial charge in [0.1, 0.15) is 6.61 Å². The van der Waals surface area contributed by atoms with Gasteiger partial charge in [0.25, 0.3) is 0 Å². The van der Waals surface area contributed by atoms with Gasteiger partial charge in [0.05, 0.1) is 6.04 Å². The first-order valence-electron chi connectivity index (χ1n) is 7.50. The molecule has 2 rings (SSSR count). The third-order valence-corrected chi connectivity index (χ3v) is 3.71. The molecule has 19 heavy (non-hydrogen) atoms. The summed E-state index contributed by atoms with van der Waals surface area (Å²) in [7, 11) is 0. The molecular formula is C17H25NO. The molecule has 1 aromatic carbocycles. The minimum Gasteiger partial charge on any atom is -0.475 e. The molecule has 0 radical (unpaired) electrons. The van der Waals surface area contributed by atoms with Crippen LogP contribution in [0.4, 0.5) is 0 Å². The number of rotatable bonds is 6. The maximum absolute atomic E-state index is 5.70. The monoisotopic (exact) mass is 259 g/mol. The molecule has 2 nitrogen and oxygen atoms in total. The zero-order valence-corrected chi connectivity index (χ0v) is 12.4. The van der Waals surface area contributed by atoms with E-state index in [9.17, 15) is 0 Å². The van der Waals surface area contributed by atoms with E-state index in [0.29, 0.717) is 12.0 Å². The molecule has 0 bridgehead atoms. The maximum Gasteiger partial charge on any atom is 0.216 e. The number of nitrogens with zero attached hydrogens (tertiary/aromatic N) is 1. The highest BCUT2D eigenvalue weighted by Gasteiger charge is 2.22. The van der Waals surface area contributed by atoms with Gasteiger partial charge < -0.3 is 4.74 Å². The zero-order valence-electron chi connectivity index (χ0n) is 12.4. The van der Waals surface area contributed by atoms with E-state index in [1.807, 2.05) is 0 Å². The smallest absolute Gasteiger partial charge is 0.216 e. The van der Waals surface area contributed by atoms with Crippen molar-refractivity contribution in [1.29, 1.82) is 0 Å². The molecule has 2 heteroatoms. The van der Waals surface area contributed by atoms with E-state index in [1.54, 1.807) is 0 Å². The molecule has 1 aliphatic heterocycles. The van der Waals surface area contributed by atoms with Gasteiger partial charge in [-0.25, -0.2) is 4.99 Å². The standard InChI is InChI=1S/C17H25NO/c1-4-5-6-7-14-8-10-15(11-9-14)17-18-16(12-19-17)13(2)3/h8-11,13,16H,4-7,12H2,1-3H3/t16-/m1/s1. The number of hydrogen-bond donors (Lipinski definition) is 0. The molecule has 0 saturated carbocycles. The molecule has 0 fully saturated rings. The summed E-state index contributed by atoms with van der Waals surface area (Å²) in [6.45, 7) is 7.35. The molecular weight excluding hydrogens is 234 g/mol. The summed E-state index contributed by atoms with van der Waals surface area (Å²) >= 11 is 0. The largest absolute Gasteiger partial charge is 0.475 e. The molecule has 1 heterocycles. The molecule has 0 unspecified atom stereocenters. The number of hydrogen-bond acceptors (Lipinski definition) is 2. The minimum atomic E-state index is 0.319. The molecule has 0 aliphatic carbocycles. The highest BCUT2D eigenvalue weighted by atomic mass is 16.5. The van der Waals surface area contributed by atoms with Gasteiger partial charge in [-0.05, 0) is 36.5 Å². The topological polar surface area (TPSA) is 21.6 Å². The summed E-state index contributed by atoms with van der Waals surface area (Å²) in [6, 6.07) is 9.02. The van der Waals surface area contributed by atoms with E-state index in [4.69, 9.17) is 4.74 Å². The Balaban J connectivity index is 1.97. The predicted molar refractivity (Wildman–Crippen MR) is 80.8 cm³/mol. The Kier molecular flexibility index (Phi) is 5.00. The van der Waals surface area contributed by atoms with Crippen molar-refractivity contribution in [3.8, 4) is 0 Å². The molecule has 0 saturated heterocycles. The van der Waals surface area contributed by atoms with Crippen molar-refractivity contribution in [2.24, 2.45) is 10.9 Å². The summed E-state index contributed by atoms with van der Waals surface area (Å²) in [5, 5.41) is 0. The number of unbranched alkanes of at least 4 members (excludes halogenated alkanes) is 2. The van der Waals surface area contributed by atoms with Gasteiger partial charge in [0, 0.05) is 5.56 Å². The molecule has 104 valence electrons. The molecule has 1 aliphatic rings. The molecule has 0 spiro atoms. The lowest BCUT2D eigenvalue weighted by molar-refractivity contribution is 0.292. The van der Waals surface area contributed by atoms with E-state index in [1.165, 1.54) is 31.2 Å². The van der Waals surface area contributed by atoms with E-state index in [2.05, 4.69) is 50.0 Å². The molecule has 1 atom stereocenters. The number of aliphatic imine (C=N–C) groups is 1. The van der Waals surface area contributed by atoms with Crippen LogP contribution in [0.1, 0.15) is 51.2 Å². The van der Waals surface area contributed by atoms with E-state index in [0.717, 1.165) is 18.1 Å². The lowest BCUT2D eigenvalue weighted by atomic mass is 10.1. The lowest BCUT2D eigenvalue weighted by Crippen LogP contribution is -2.13. The van der Waals surface area contributed by atoms with Gasteiger partial charge in [-0.1, -0.05) is 45.7 Å². The number of aryl methyl sites for hydroxylation is 1. The Bertz CT molecular complexity index is 419. The van der Waals surface area contributed by atoms with Crippen LogP contribution >= 0.6 is 0 Å². The summed E-state index contributed by atoms with van der Waals surface area (Å²) in [5.41, 5.74) is 2.53. The van der Waals surface area contributed by atoms with E-state index < -0.39 is 0 Å². The Morgan fingerprint density at radius 1 is 1.21 bits per heavy atom. The first-order chi connectivity index (χ1) is 9.20. The SMILES string of the molecule is CCCCCc1ccc(C2=N[C@@H](C(C)C)CO2)cc1. The van der Waals surface area contributed by atoms with Crippen molar-refractivity contribution in [3.05, 3.63) is 35.4 Å². The second-order valence-corrected chi connectivity index (χ2v) is 5.71. The van der Waals surface area contributed by atoms with Crippen molar-refractivity contribution >= 4 is 5.90 Å². The van der Waals surface area contributed by atoms with Crippen LogP contribution in [0.5, 0.6) is 0 Å².